The third kappa shape index (κ3) is 4.69. The molecule has 0 saturated carbocycles. The van der Waals surface area contributed by atoms with Crippen LogP contribution in [0.15, 0.2) is 41.4 Å². The molecule has 5 nitrogen and oxygen atoms in total. The highest BCUT2D eigenvalue weighted by Gasteiger charge is 2.22. The first kappa shape index (κ1) is 16.2. The van der Waals surface area contributed by atoms with Crippen LogP contribution in [0, 0.1) is 5.92 Å². The van der Waals surface area contributed by atoms with Crippen molar-refractivity contribution in [3.8, 4) is 5.75 Å². The van der Waals surface area contributed by atoms with E-state index in [-0.39, 0.29) is 0 Å². The molecule has 1 aromatic carbocycles. The van der Waals surface area contributed by atoms with E-state index in [9.17, 15) is 0 Å². The van der Waals surface area contributed by atoms with Crippen LogP contribution in [0.2, 0.25) is 0 Å². The van der Waals surface area contributed by atoms with Crippen LogP contribution in [-0.4, -0.2) is 39.2 Å². The van der Waals surface area contributed by atoms with Gasteiger partial charge in [-0.1, -0.05) is 18.2 Å². The lowest BCUT2D eigenvalue weighted by molar-refractivity contribution is 0.415. The Balaban J connectivity index is 1.82. The summed E-state index contributed by atoms with van der Waals surface area (Å²) in [6.45, 7) is 9.27. The highest BCUT2D eigenvalue weighted by molar-refractivity contribution is 5.77. The number of guanidine groups is 1. The Morgan fingerprint density at radius 3 is 3.09 bits per heavy atom. The summed E-state index contributed by atoms with van der Waals surface area (Å²) in [4.78, 5) is 6.62. The fourth-order valence-corrected chi connectivity index (χ4v) is 2.57. The number of hydrogen-bond donors (Lipinski definition) is 2. The number of nitrogens with zero attached hydrogens (tertiary/aromatic N) is 2. The molecule has 1 heterocycles. The summed E-state index contributed by atoms with van der Waals surface area (Å²) >= 11 is 0. The number of nitrogens with two attached hydrogens (primary N) is 1. The summed E-state index contributed by atoms with van der Waals surface area (Å²) in [5.41, 5.74) is 8.07. The van der Waals surface area contributed by atoms with Crippen molar-refractivity contribution in [2.75, 3.05) is 38.2 Å². The van der Waals surface area contributed by atoms with E-state index in [0.717, 1.165) is 37.4 Å². The van der Waals surface area contributed by atoms with E-state index in [4.69, 9.17) is 10.5 Å². The molecule has 1 atom stereocenters. The molecule has 0 amide bonds. The molecule has 0 bridgehead atoms. The number of ether oxygens (including phenoxy) is 1. The van der Waals surface area contributed by atoms with Gasteiger partial charge in [-0.25, -0.2) is 4.99 Å². The average molecular weight is 302 g/mol. The minimum absolute atomic E-state index is 0.503. The molecule has 1 unspecified atom stereocenters. The summed E-state index contributed by atoms with van der Waals surface area (Å²) in [7, 11) is 1.70. The predicted molar refractivity (Wildman–Crippen MR) is 92.6 cm³/mol. The van der Waals surface area contributed by atoms with E-state index in [1.807, 2.05) is 19.1 Å². The predicted octanol–water partition coefficient (Wildman–Crippen LogP) is 2.00. The van der Waals surface area contributed by atoms with Gasteiger partial charge in [0.05, 0.1) is 13.7 Å². The van der Waals surface area contributed by atoms with Crippen LogP contribution in [0.5, 0.6) is 5.75 Å². The second kappa shape index (κ2) is 7.73. The Bertz CT molecular complexity index is 541. The van der Waals surface area contributed by atoms with Crippen LogP contribution in [0.3, 0.4) is 0 Å². The van der Waals surface area contributed by atoms with Crippen LogP contribution in [0.1, 0.15) is 13.3 Å². The monoisotopic (exact) mass is 302 g/mol. The van der Waals surface area contributed by atoms with Gasteiger partial charge in [0.1, 0.15) is 5.75 Å². The zero-order chi connectivity index (χ0) is 15.9. The summed E-state index contributed by atoms with van der Waals surface area (Å²) in [6, 6.07) is 8.21. The van der Waals surface area contributed by atoms with E-state index in [2.05, 4.69) is 33.9 Å². The Labute approximate surface area is 132 Å². The molecule has 22 heavy (non-hydrogen) atoms. The molecular formula is C17H26N4O. The fourth-order valence-electron chi connectivity index (χ4n) is 2.57. The van der Waals surface area contributed by atoms with E-state index < -0.39 is 0 Å². The molecule has 0 aromatic heterocycles. The minimum Gasteiger partial charge on any atom is -0.497 e. The lowest BCUT2D eigenvalue weighted by Crippen LogP contribution is -2.36. The first-order valence-electron chi connectivity index (χ1n) is 7.65. The molecule has 1 aliphatic rings. The normalized spacial score (nSPS) is 18.4. The zero-order valence-corrected chi connectivity index (χ0v) is 13.5. The van der Waals surface area contributed by atoms with E-state index in [1.165, 1.54) is 5.69 Å². The van der Waals surface area contributed by atoms with Crippen molar-refractivity contribution in [2.24, 2.45) is 16.6 Å². The van der Waals surface area contributed by atoms with Gasteiger partial charge in [-0.15, -0.1) is 0 Å². The van der Waals surface area contributed by atoms with Gasteiger partial charge in [0, 0.05) is 31.4 Å². The van der Waals surface area contributed by atoms with E-state index in [1.54, 1.807) is 7.11 Å². The number of rotatable bonds is 6. The number of anilines is 1. The lowest BCUT2D eigenvalue weighted by Gasteiger charge is -2.19. The van der Waals surface area contributed by atoms with Crippen molar-refractivity contribution in [1.29, 1.82) is 0 Å². The number of hydrogen-bond acceptors (Lipinski definition) is 3. The van der Waals surface area contributed by atoms with Gasteiger partial charge in [0.25, 0.3) is 0 Å². The van der Waals surface area contributed by atoms with Crippen LogP contribution in [-0.2, 0) is 0 Å². The molecule has 1 aliphatic heterocycles. The second-order valence-electron chi connectivity index (χ2n) is 5.84. The highest BCUT2D eigenvalue weighted by atomic mass is 16.5. The highest BCUT2D eigenvalue weighted by Crippen LogP contribution is 2.26. The lowest BCUT2D eigenvalue weighted by atomic mass is 10.1. The van der Waals surface area contributed by atoms with Gasteiger partial charge in [-0.05, 0) is 31.4 Å². The second-order valence-corrected chi connectivity index (χ2v) is 5.84. The summed E-state index contributed by atoms with van der Waals surface area (Å²) in [5.74, 6) is 1.97. The summed E-state index contributed by atoms with van der Waals surface area (Å²) in [5, 5.41) is 3.21. The molecule has 1 saturated heterocycles. The van der Waals surface area contributed by atoms with E-state index >= 15 is 0 Å². The molecular weight excluding hydrogens is 276 g/mol. The third-order valence-electron chi connectivity index (χ3n) is 3.80. The molecule has 5 heteroatoms. The van der Waals surface area contributed by atoms with Crippen molar-refractivity contribution in [3.63, 3.8) is 0 Å². The Kier molecular flexibility index (Phi) is 5.69. The number of methoxy groups -OCH3 is 1. The SMILES string of the molecule is C=C(C)CN=C(N)NCC1CCN(c2cccc(OC)c2)C1. The van der Waals surface area contributed by atoms with Crippen molar-refractivity contribution in [2.45, 2.75) is 13.3 Å². The van der Waals surface area contributed by atoms with Gasteiger partial charge < -0.3 is 20.7 Å². The Morgan fingerprint density at radius 1 is 1.55 bits per heavy atom. The Hall–Kier alpha value is -2.17. The first-order chi connectivity index (χ1) is 10.6. The van der Waals surface area contributed by atoms with Crippen LogP contribution in [0.25, 0.3) is 0 Å². The Morgan fingerprint density at radius 2 is 2.36 bits per heavy atom. The third-order valence-corrected chi connectivity index (χ3v) is 3.80. The molecule has 3 N–H and O–H groups in total. The number of nitrogens with one attached hydrogen (secondary N) is 1. The molecule has 120 valence electrons. The molecule has 1 fully saturated rings. The van der Waals surface area contributed by atoms with Crippen molar-refractivity contribution in [3.05, 3.63) is 36.4 Å². The topological polar surface area (TPSA) is 62.9 Å². The van der Waals surface area contributed by atoms with Crippen molar-refractivity contribution < 1.29 is 4.74 Å². The van der Waals surface area contributed by atoms with Gasteiger partial charge >= 0.3 is 0 Å². The molecule has 0 spiro atoms. The maximum atomic E-state index is 5.85. The van der Waals surface area contributed by atoms with Crippen molar-refractivity contribution >= 4 is 11.6 Å². The first-order valence-corrected chi connectivity index (χ1v) is 7.65. The van der Waals surface area contributed by atoms with Crippen LogP contribution < -0.4 is 20.7 Å². The number of aliphatic imine (C=N–C) groups is 1. The fraction of sp³-hybridized carbons (Fsp3) is 0.471. The van der Waals surface area contributed by atoms with Gasteiger partial charge in [-0.2, -0.15) is 0 Å². The van der Waals surface area contributed by atoms with Crippen LogP contribution in [0.4, 0.5) is 5.69 Å². The molecule has 1 aromatic rings. The largest absolute Gasteiger partial charge is 0.497 e. The minimum atomic E-state index is 0.503. The van der Waals surface area contributed by atoms with Gasteiger partial charge in [0.2, 0.25) is 0 Å². The molecule has 0 aliphatic carbocycles. The van der Waals surface area contributed by atoms with E-state index in [0.29, 0.717) is 18.4 Å². The standard InChI is InChI=1S/C17H26N4O/c1-13(2)10-19-17(18)20-11-14-7-8-21(12-14)15-5-4-6-16(9-15)22-3/h4-6,9,14H,1,7-8,10-12H2,2-3H3,(H3,18,19,20). The average Bonchev–Trinajstić information content (AvgIpc) is 3.00. The number of benzene rings is 1. The maximum Gasteiger partial charge on any atom is 0.188 e. The zero-order valence-electron chi connectivity index (χ0n) is 13.5. The van der Waals surface area contributed by atoms with Crippen molar-refractivity contribution in [1.82, 2.24) is 5.32 Å². The summed E-state index contributed by atoms with van der Waals surface area (Å²) < 4.78 is 5.29. The summed E-state index contributed by atoms with van der Waals surface area (Å²) in [6.07, 6.45) is 1.15. The molecule has 2 rings (SSSR count). The maximum absolute atomic E-state index is 5.85. The smallest absolute Gasteiger partial charge is 0.188 e. The molecule has 0 radical (unpaired) electrons. The van der Waals surface area contributed by atoms with Gasteiger partial charge in [0.15, 0.2) is 5.96 Å². The van der Waals surface area contributed by atoms with Gasteiger partial charge in [-0.3, -0.25) is 0 Å². The van der Waals surface area contributed by atoms with Crippen LogP contribution >= 0.6 is 0 Å². The quantitative estimate of drug-likeness (QED) is 0.479.